The molecule has 0 bridgehead atoms. The second-order valence-electron chi connectivity index (χ2n) is 9.45. The molecule has 4 nitrogen and oxygen atoms in total. The SMILES string of the molecule is O=P(O)(Oc1ccccc1)Oc1ccc(-c2ccc(CCc3ccccc3)cc2CCc2ccccc2)cc1. The third kappa shape index (κ3) is 7.70. The van der Waals surface area contributed by atoms with Crippen LogP contribution in [0.25, 0.3) is 11.1 Å². The van der Waals surface area contributed by atoms with Gasteiger partial charge in [-0.1, -0.05) is 109 Å². The minimum absolute atomic E-state index is 0.269. The number of para-hydroxylation sites is 1. The van der Waals surface area contributed by atoms with Crippen LogP contribution in [0.1, 0.15) is 22.3 Å². The van der Waals surface area contributed by atoms with Gasteiger partial charge in [-0.25, -0.2) is 4.57 Å². The molecule has 1 unspecified atom stereocenters. The van der Waals surface area contributed by atoms with Crippen molar-refractivity contribution in [1.82, 2.24) is 0 Å². The van der Waals surface area contributed by atoms with Crippen LogP contribution in [0, 0.1) is 0 Å². The molecule has 1 atom stereocenters. The number of rotatable bonds is 11. The van der Waals surface area contributed by atoms with Crippen LogP contribution < -0.4 is 9.05 Å². The standard InChI is InChI=1S/C34H31O4P/c35-39(36,37-32-14-8-3-9-15-32)38-33-23-21-30(22-24-33)34-25-19-29(17-16-27-10-4-1-5-11-27)26-31(34)20-18-28-12-6-2-7-13-28/h1-15,19,21-26H,16-18,20H2,(H,35,36). The summed E-state index contributed by atoms with van der Waals surface area (Å²) < 4.78 is 23.0. The van der Waals surface area contributed by atoms with E-state index in [1.54, 1.807) is 42.5 Å². The van der Waals surface area contributed by atoms with Crippen LogP contribution in [-0.2, 0) is 30.2 Å². The van der Waals surface area contributed by atoms with E-state index in [1.807, 2.05) is 24.3 Å². The van der Waals surface area contributed by atoms with Crippen molar-refractivity contribution in [1.29, 1.82) is 0 Å². The zero-order valence-corrected chi connectivity index (χ0v) is 22.5. The Morgan fingerprint density at radius 2 is 1.00 bits per heavy atom. The molecule has 0 spiro atoms. The molecule has 196 valence electrons. The van der Waals surface area contributed by atoms with Gasteiger partial charge in [0.15, 0.2) is 0 Å². The van der Waals surface area contributed by atoms with Crippen LogP contribution in [0.2, 0.25) is 0 Å². The van der Waals surface area contributed by atoms with E-state index in [0.717, 1.165) is 36.8 Å². The summed E-state index contributed by atoms with van der Waals surface area (Å²) in [5.41, 5.74) is 7.40. The van der Waals surface area contributed by atoms with Crippen LogP contribution in [0.4, 0.5) is 0 Å². The average Bonchev–Trinajstić information content (AvgIpc) is 2.97. The second kappa shape index (κ2) is 12.6. The van der Waals surface area contributed by atoms with Crippen molar-refractivity contribution in [3.63, 3.8) is 0 Å². The summed E-state index contributed by atoms with van der Waals surface area (Å²) in [4.78, 5) is 10.2. The summed E-state index contributed by atoms with van der Waals surface area (Å²) in [6, 6.07) is 43.5. The van der Waals surface area contributed by atoms with E-state index in [2.05, 4.69) is 66.7 Å². The first-order chi connectivity index (χ1) is 19.0. The fourth-order valence-corrected chi connectivity index (χ4v) is 5.42. The zero-order chi connectivity index (χ0) is 26.9. The van der Waals surface area contributed by atoms with Gasteiger partial charge in [0.05, 0.1) is 0 Å². The molecule has 5 heteroatoms. The Bertz CT molecular complexity index is 1520. The smallest absolute Gasteiger partial charge is 0.395 e. The first kappa shape index (κ1) is 26.5. The Morgan fingerprint density at radius 1 is 0.513 bits per heavy atom. The normalized spacial score (nSPS) is 12.4. The van der Waals surface area contributed by atoms with E-state index in [0.29, 0.717) is 0 Å². The van der Waals surface area contributed by atoms with Crippen LogP contribution >= 0.6 is 7.82 Å². The van der Waals surface area contributed by atoms with Crippen molar-refractivity contribution in [3.8, 4) is 22.6 Å². The Balaban J connectivity index is 1.34. The van der Waals surface area contributed by atoms with Crippen LogP contribution in [-0.4, -0.2) is 4.89 Å². The average molecular weight is 535 g/mol. The largest absolute Gasteiger partial charge is 0.584 e. The lowest BCUT2D eigenvalue weighted by Gasteiger charge is -2.15. The lowest BCUT2D eigenvalue weighted by molar-refractivity contribution is 0.291. The van der Waals surface area contributed by atoms with Crippen molar-refractivity contribution in [3.05, 3.63) is 156 Å². The van der Waals surface area contributed by atoms with E-state index >= 15 is 0 Å². The maximum Gasteiger partial charge on any atom is 0.584 e. The van der Waals surface area contributed by atoms with Crippen molar-refractivity contribution < 1.29 is 18.5 Å². The highest BCUT2D eigenvalue weighted by atomic mass is 31.2. The van der Waals surface area contributed by atoms with Gasteiger partial charge in [-0.3, -0.25) is 4.89 Å². The molecule has 39 heavy (non-hydrogen) atoms. The van der Waals surface area contributed by atoms with Crippen molar-refractivity contribution in [2.45, 2.75) is 25.7 Å². The van der Waals surface area contributed by atoms with Crippen LogP contribution in [0.3, 0.4) is 0 Å². The fourth-order valence-electron chi connectivity index (χ4n) is 4.61. The molecule has 1 N–H and O–H groups in total. The first-order valence-corrected chi connectivity index (χ1v) is 14.6. The third-order valence-corrected chi connectivity index (χ3v) is 7.47. The van der Waals surface area contributed by atoms with Crippen LogP contribution in [0.5, 0.6) is 11.5 Å². The monoisotopic (exact) mass is 534 g/mol. The maximum atomic E-state index is 12.5. The first-order valence-electron chi connectivity index (χ1n) is 13.1. The van der Waals surface area contributed by atoms with Gasteiger partial charge >= 0.3 is 7.82 Å². The van der Waals surface area contributed by atoms with Crippen molar-refractivity contribution in [2.24, 2.45) is 0 Å². The van der Waals surface area contributed by atoms with Crippen molar-refractivity contribution in [2.75, 3.05) is 0 Å². The molecule has 0 aliphatic carbocycles. The molecule has 0 fully saturated rings. The molecule has 0 heterocycles. The molecular formula is C34H31O4P. The minimum Gasteiger partial charge on any atom is -0.395 e. The summed E-state index contributed by atoms with van der Waals surface area (Å²) in [6.45, 7) is 0. The summed E-state index contributed by atoms with van der Waals surface area (Å²) in [6.07, 6.45) is 3.83. The predicted octanol–water partition coefficient (Wildman–Crippen LogP) is 8.48. The third-order valence-electron chi connectivity index (χ3n) is 6.59. The van der Waals surface area contributed by atoms with Gasteiger partial charge in [-0.15, -0.1) is 0 Å². The van der Waals surface area contributed by atoms with E-state index in [-0.39, 0.29) is 11.5 Å². The number of hydrogen-bond acceptors (Lipinski definition) is 3. The molecular weight excluding hydrogens is 503 g/mol. The van der Waals surface area contributed by atoms with E-state index in [9.17, 15) is 9.46 Å². The molecule has 5 aromatic rings. The number of phosphoric acid groups is 1. The Labute approximate surface area is 230 Å². The molecule has 5 aromatic carbocycles. The molecule has 0 aliphatic heterocycles. The minimum atomic E-state index is -4.32. The van der Waals surface area contributed by atoms with Gasteiger partial charge in [0.1, 0.15) is 11.5 Å². The number of aryl methyl sites for hydroxylation is 4. The molecule has 0 radical (unpaired) electrons. The molecule has 0 saturated carbocycles. The topological polar surface area (TPSA) is 55.8 Å². The van der Waals surface area contributed by atoms with Gasteiger partial charge in [0.25, 0.3) is 0 Å². The molecule has 0 amide bonds. The van der Waals surface area contributed by atoms with Crippen LogP contribution in [0.15, 0.2) is 133 Å². The lowest BCUT2D eigenvalue weighted by Crippen LogP contribution is -2.00. The van der Waals surface area contributed by atoms with E-state index < -0.39 is 7.82 Å². The quantitative estimate of drug-likeness (QED) is 0.173. The molecule has 5 rings (SSSR count). The highest BCUT2D eigenvalue weighted by Gasteiger charge is 2.25. The number of benzene rings is 5. The van der Waals surface area contributed by atoms with Gasteiger partial charge in [-0.05, 0) is 83.3 Å². The summed E-state index contributed by atoms with van der Waals surface area (Å²) in [7, 11) is -4.32. The molecule has 0 saturated heterocycles. The summed E-state index contributed by atoms with van der Waals surface area (Å²) >= 11 is 0. The summed E-state index contributed by atoms with van der Waals surface area (Å²) in [5.74, 6) is 0.543. The Hall–Kier alpha value is -4.11. The fraction of sp³-hybridized carbons (Fsp3) is 0.118. The van der Waals surface area contributed by atoms with Gasteiger partial charge in [0, 0.05) is 0 Å². The highest BCUT2D eigenvalue weighted by Crippen LogP contribution is 2.44. The number of hydrogen-bond donors (Lipinski definition) is 1. The number of phosphoric ester groups is 1. The molecule has 0 aromatic heterocycles. The Morgan fingerprint density at radius 3 is 1.59 bits per heavy atom. The second-order valence-corrected chi connectivity index (χ2v) is 10.8. The molecule has 0 aliphatic rings. The van der Waals surface area contributed by atoms with Crippen molar-refractivity contribution >= 4 is 7.82 Å². The summed E-state index contributed by atoms with van der Waals surface area (Å²) in [5, 5.41) is 0. The maximum absolute atomic E-state index is 12.5. The Kier molecular flexibility index (Phi) is 8.58. The van der Waals surface area contributed by atoms with Gasteiger partial charge in [0.2, 0.25) is 0 Å². The van der Waals surface area contributed by atoms with E-state index in [1.165, 1.54) is 22.3 Å². The van der Waals surface area contributed by atoms with Gasteiger partial charge < -0.3 is 9.05 Å². The van der Waals surface area contributed by atoms with Gasteiger partial charge in [-0.2, -0.15) is 0 Å². The van der Waals surface area contributed by atoms with E-state index in [4.69, 9.17) is 9.05 Å². The predicted molar refractivity (Wildman–Crippen MR) is 157 cm³/mol. The zero-order valence-electron chi connectivity index (χ0n) is 21.6. The lowest BCUT2D eigenvalue weighted by atomic mass is 9.92. The highest BCUT2D eigenvalue weighted by molar-refractivity contribution is 7.48.